The SMILES string of the molecule is COC(=O)Cc1ccc(C)cc1C#N. The van der Waals surface area contributed by atoms with Gasteiger partial charge in [0.15, 0.2) is 0 Å². The first kappa shape index (κ1) is 10.3. The molecule has 0 aliphatic heterocycles. The molecule has 0 radical (unpaired) electrons. The lowest BCUT2D eigenvalue weighted by molar-refractivity contribution is -0.139. The van der Waals surface area contributed by atoms with Crippen LogP contribution in [0.2, 0.25) is 0 Å². The molecule has 0 aliphatic rings. The molecule has 1 rings (SSSR count). The zero-order valence-corrected chi connectivity index (χ0v) is 8.20. The number of benzene rings is 1. The number of ether oxygens (including phenoxy) is 1. The van der Waals surface area contributed by atoms with Crippen LogP contribution >= 0.6 is 0 Å². The molecule has 1 aromatic rings. The number of nitrogens with zero attached hydrogens (tertiary/aromatic N) is 1. The van der Waals surface area contributed by atoms with Crippen molar-refractivity contribution in [1.29, 1.82) is 5.26 Å². The van der Waals surface area contributed by atoms with Gasteiger partial charge in [-0.1, -0.05) is 12.1 Å². The molecule has 3 nitrogen and oxygen atoms in total. The Hall–Kier alpha value is -1.82. The molecule has 0 amide bonds. The fourth-order valence-corrected chi connectivity index (χ4v) is 1.18. The van der Waals surface area contributed by atoms with E-state index in [1.165, 1.54) is 7.11 Å². The lowest BCUT2D eigenvalue weighted by Crippen LogP contribution is -2.06. The quantitative estimate of drug-likeness (QED) is 0.664. The third-order valence-corrected chi connectivity index (χ3v) is 1.95. The third kappa shape index (κ3) is 2.33. The Labute approximate surface area is 82.9 Å². The van der Waals surface area contributed by atoms with Crippen LogP contribution in [0.15, 0.2) is 18.2 Å². The predicted molar refractivity (Wildman–Crippen MR) is 51.6 cm³/mol. The van der Waals surface area contributed by atoms with Gasteiger partial charge in [-0.25, -0.2) is 0 Å². The van der Waals surface area contributed by atoms with E-state index in [1.54, 1.807) is 12.1 Å². The van der Waals surface area contributed by atoms with Crippen LogP contribution < -0.4 is 0 Å². The Morgan fingerprint density at radius 2 is 2.29 bits per heavy atom. The zero-order chi connectivity index (χ0) is 10.6. The topological polar surface area (TPSA) is 50.1 Å². The van der Waals surface area contributed by atoms with E-state index >= 15 is 0 Å². The minimum absolute atomic E-state index is 0.152. The van der Waals surface area contributed by atoms with Gasteiger partial charge in [0.25, 0.3) is 0 Å². The third-order valence-electron chi connectivity index (χ3n) is 1.95. The Bertz CT molecular complexity index is 391. The number of methoxy groups -OCH3 is 1. The second kappa shape index (κ2) is 4.43. The number of carbonyl (C=O) groups is 1. The lowest BCUT2D eigenvalue weighted by Gasteiger charge is -2.03. The van der Waals surface area contributed by atoms with Crippen LogP contribution in [0.3, 0.4) is 0 Å². The molecule has 0 fully saturated rings. The van der Waals surface area contributed by atoms with Gasteiger partial charge in [-0.05, 0) is 24.1 Å². The van der Waals surface area contributed by atoms with Gasteiger partial charge in [0.05, 0.1) is 25.2 Å². The highest BCUT2D eigenvalue weighted by molar-refractivity contribution is 5.73. The molecule has 0 spiro atoms. The molecule has 0 bridgehead atoms. The highest BCUT2D eigenvalue weighted by Crippen LogP contribution is 2.11. The van der Waals surface area contributed by atoms with Crippen molar-refractivity contribution in [3.05, 3.63) is 34.9 Å². The summed E-state index contributed by atoms with van der Waals surface area (Å²) in [5.74, 6) is -0.328. The number of aryl methyl sites for hydroxylation is 1. The van der Waals surface area contributed by atoms with Crippen molar-refractivity contribution in [3.63, 3.8) is 0 Å². The predicted octanol–water partition coefficient (Wildman–Crippen LogP) is 1.58. The van der Waals surface area contributed by atoms with E-state index in [0.717, 1.165) is 5.56 Å². The van der Waals surface area contributed by atoms with Crippen molar-refractivity contribution in [3.8, 4) is 6.07 Å². The lowest BCUT2D eigenvalue weighted by atomic mass is 10.0. The molecule has 1 aromatic carbocycles. The Morgan fingerprint density at radius 1 is 1.57 bits per heavy atom. The van der Waals surface area contributed by atoms with E-state index in [-0.39, 0.29) is 12.4 Å². The summed E-state index contributed by atoms with van der Waals surface area (Å²) < 4.78 is 4.54. The molecule has 0 heterocycles. The van der Waals surface area contributed by atoms with Crippen LogP contribution in [0.1, 0.15) is 16.7 Å². The number of esters is 1. The molecule has 0 unspecified atom stereocenters. The molecule has 0 aromatic heterocycles. The van der Waals surface area contributed by atoms with E-state index in [0.29, 0.717) is 11.1 Å². The molecule has 72 valence electrons. The second-order valence-corrected chi connectivity index (χ2v) is 3.03. The summed E-state index contributed by atoms with van der Waals surface area (Å²) in [5, 5.41) is 8.83. The summed E-state index contributed by atoms with van der Waals surface area (Å²) in [6, 6.07) is 7.48. The normalized spacial score (nSPS) is 9.21. The van der Waals surface area contributed by atoms with Crippen molar-refractivity contribution in [2.24, 2.45) is 0 Å². The van der Waals surface area contributed by atoms with Crippen LogP contribution in [0.4, 0.5) is 0 Å². The van der Waals surface area contributed by atoms with Crippen molar-refractivity contribution in [2.45, 2.75) is 13.3 Å². The van der Waals surface area contributed by atoms with E-state index in [9.17, 15) is 4.79 Å². The number of rotatable bonds is 2. The summed E-state index contributed by atoms with van der Waals surface area (Å²) in [5.41, 5.74) is 2.26. The van der Waals surface area contributed by atoms with E-state index in [2.05, 4.69) is 10.8 Å². The van der Waals surface area contributed by atoms with E-state index in [1.807, 2.05) is 13.0 Å². The van der Waals surface area contributed by atoms with Gasteiger partial charge in [0.1, 0.15) is 0 Å². The molecule has 0 saturated heterocycles. The Balaban J connectivity index is 2.98. The Kier molecular flexibility index (Phi) is 3.24. The van der Waals surface area contributed by atoms with Gasteiger partial charge in [0.2, 0.25) is 0 Å². The maximum absolute atomic E-state index is 11.0. The first-order valence-corrected chi connectivity index (χ1v) is 4.24. The first-order valence-electron chi connectivity index (χ1n) is 4.24. The largest absolute Gasteiger partial charge is 0.469 e. The van der Waals surface area contributed by atoms with Gasteiger partial charge in [0, 0.05) is 0 Å². The molecular weight excluding hydrogens is 178 g/mol. The average Bonchev–Trinajstić information content (AvgIpc) is 2.20. The van der Waals surface area contributed by atoms with Crippen LogP contribution in [0, 0.1) is 18.3 Å². The van der Waals surface area contributed by atoms with Gasteiger partial charge < -0.3 is 4.74 Å². The van der Waals surface area contributed by atoms with Crippen molar-refractivity contribution >= 4 is 5.97 Å². The molecule has 0 aliphatic carbocycles. The highest BCUT2D eigenvalue weighted by atomic mass is 16.5. The van der Waals surface area contributed by atoms with Crippen molar-refractivity contribution in [2.75, 3.05) is 7.11 Å². The fraction of sp³-hybridized carbons (Fsp3) is 0.273. The number of hydrogen-bond acceptors (Lipinski definition) is 3. The summed E-state index contributed by atoms with van der Waals surface area (Å²) >= 11 is 0. The summed E-state index contributed by atoms with van der Waals surface area (Å²) in [6.45, 7) is 1.91. The van der Waals surface area contributed by atoms with Crippen molar-refractivity contribution < 1.29 is 9.53 Å². The van der Waals surface area contributed by atoms with Gasteiger partial charge in [-0.3, -0.25) is 4.79 Å². The van der Waals surface area contributed by atoms with Crippen molar-refractivity contribution in [1.82, 2.24) is 0 Å². The zero-order valence-electron chi connectivity index (χ0n) is 8.20. The van der Waals surface area contributed by atoms with Crippen LogP contribution in [-0.4, -0.2) is 13.1 Å². The molecule has 3 heteroatoms. The van der Waals surface area contributed by atoms with Gasteiger partial charge >= 0.3 is 5.97 Å². The number of nitriles is 1. The first-order chi connectivity index (χ1) is 6.67. The highest BCUT2D eigenvalue weighted by Gasteiger charge is 2.07. The minimum atomic E-state index is -0.328. The van der Waals surface area contributed by atoms with Gasteiger partial charge in [-0.15, -0.1) is 0 Å². The molecule has 0 N–H and O–H groups in total. The summed E-state index contributed by atoms with van der Waals surface area (Å²) in [6.07, 6.45) is 0.152. The molecule has 0 atom stereocenters. The fourth-order valence-electron chi connectivity index (χ4n) is 1.18. The van der Waals surface area contributed by atoms with E-state index < -0.39 is 0 Å². The average molecular weight is 189 g/mol. The van der Waals surface area contributed by atoms with Crippen LogP contribution in [-0.2, 0) is 16.0 Å². The maximum atomic E-state index is 11.0. The van der Waals surface area contributed by atoms with Crippen LogP contribution in [0.5, 0.6) is 0 Å². The monoisotopic (exact) mass is 189 g/mol. The molecular formula is C11H11NO2. The maximum Gasteiger partial charge on any atom is 0.310 e. The van der Waals surface area contributed by atoms with Crippen LogP contribution in [0.25, 0.3) is 0 Å². The number of carbonyl (C=O) groups excluding carboxylic acids is 1. The Morgan fingerprint density at radius 3 is 2.86 bits per heavy atom. The van der Waals surface area contributed by atoms with E-state index in [4.69, 9.17) is 5.26 Å². The standard InChI is InChI=1S/C11H11NO2/c1-8-3-4-9(6-11(13)14-2)10(5-8)7-12/h3-5H,6H2,1-2H3. The minimum Gasteiger partial charge on any atom is -0.469 e. The number of hydrogen-bond donors (Lipinski definition) is 0. The van der Waals surface area contributed by atoms with Gasteiger partial charge in [-0.2, -0.15) is 5.26 Å². The summed E-state index contributed by atoms with van der Waals surface area (Å²) in [4.78, 5) is 11.0. The second-order valence-electron chi connectivity index (χ2n) is 3.03. The smallest absolute Gasteiger partial charge is 0.310 e. The molecule has 14 heavy (non-hydrogen) atoms. The summed E-state index contributed by atoms with van der Waals surface area (Å²) in [7, 11) is 1.34. The molecule has 0 saturated carbocycles.